The first kappa shape index (κ1) is 13.0. The Labute approximate surface area is 110 Å². The van der Waals surface area contributed by atoms with Gasteiger partial charge in [0.25, 0.3) is 0 Å². The van der Waals surface area contributed by atoms with Crippen LogP contribution in [-0.2, 0) is 0 Å². The number of fused-ring (bicyclic) bond motifs is 1. The van der Waals surface area contributed by atoms with E-state index in [9.17, 15) is 5.11 Å². The van der Waals surface area contributed by atoms with Gasteiger partial charge in [-0.15, -0.1) is 11.3 Å². The predicted molar refractivity (Wildman–Crippen MR) is 76.5 cm³/mol. The Morgan fingerprint density at radius 1 is 1.39 bits per heavy atom. The maximum Gasteiger partial charge on any atom is 0.226 e. The molecule has 0 radical (unpaired) electrons. The summed E-state index contributed by atoms with van der Waals surface area (Å²) in [5, 5.41) is 16.6. The van der Waals surface area contributed by atoms with Crippen LogP contribution in [0.15, 0.2) is 6.07 Å². The Kier molecular flexibility index (Phi) is 3.98. The lowest BCUT2D eigenvalue weighted by atomic mass is 10.3. The van der Waals surface area contributed by atoms with E-state index in [0.29, 0.717) is 12.5 Å². The van der Waals surface area contributed by atoms with Gasteiger partial charge in [0.2, 0.25) is 5.95 Å². The van der Waals surface area contributed by atoms with Gasteiger partial charge in [0.15, 0.2) is 0 Å². The summed E-state index contributed by atoms with van der Waals surface area (Å²) in [5.74, 6) is 1.40. The number of hydrogen-bond donors (Lipinski definition) is 3. The first-order chi connectivity index (χ1) is 8.60. The Bertz CT molecular complexity index is 538. The van der Waals surface area contributed by atoms with Crippen LogP contribution in [0.25, 0.3) is 10.2 Å². The molecule has 2 heterocycles. The van der Waals surface area contributed by atoms with Crippen LogP contribution in [-0.4, -0.2) is 34.3 Å². The van der Waals surface area contributed by atoms with Gasteiger partial charge in [-0.1, -0.05) is 0 Å². The average Bonchev–Trinajstić information content (AvgIpc) is 2.66. The van der Waals surface area contributed by atoms with Crippen LogP contribution in [0.2, 0.25) is 0 Å². The largest absolute Gasteiger partial charge is 0.392 e. The van der Waals surface area contributed by atoms with Gasteiger partial charge in [0, 0.05) is 18.0 Å². The number of nitrogens with zero attached hydrogens (tertiary/aromatic N) is 2. The third kappa shape index (κ3) is 2.88. The molecular weight excluding hydrogens is 248 g/mol. The highest BCUT2D eigenvalue weighted by molar-refractivity contribution is 7.18. The number of anilines is 2. The summed E-state index contributed by atoms with van der Waals surface area (Å²) < 4.78 is 0. The molecule has 0 saturated carbocycles. The number of thiophene rings is 1. The number of aromatic nitrogens is 2. The van der Waals surface area contributed by atoms with E-state index in [4.69, 9.17) is 0 Å². The van der Waals surface area contributed by atoms with Crippen molar-refractivity contribution in [3.05, 3.63) is 10.9 Å². The highest BCUT2D eigenvalue weighted by Gasteiger charge is 2.10. The molecule has 0 bridgehead atoms. The molecule has 0 amide bonds. The molecular formula is C12H18N4OS. The summed E-state index contributed by atoms with van der Waals surface area (Å²) in [5.41, 5.74) is 0. The van der Waals surface area contributed by atoms with Crippen LogP contribution < -0.4 is 10.6 Å². The molecule has 0 spiro atoms. The van der Waals surface area contributed by atoms with Gasteiger partial charge in [-0.25, -0.2) is 4.98 Å². The number of rotatable bonds is 5. The Morgan fingerprint density at radius 2 is 2.17 bits per heavy atom. The number of aliphatic hydroxyl groups is 1. The maximum atomic E-state index is 9.34. The molecule has 3 N–H and O–H groups in total. The van der Waals surface area contributed by atoms with Gasteiger partial charge < -0.3 is 15.7 Å². The lowest BCUT2D eigenvalue weighted by Crippen LogP contribution is -2.16. The summed E-state index contributed by atoms with van der Waals surface area (Å²) in [4.78, 5) is 11.1. The molecule has 5 nitrogen and oxygen atoms in total. The molecule has 0 aliphatic rings. The number of hydrogen-bond acceptors (Lipinski definition) is 6. The van der Waals surface area contributed by atoms with E-state index >= 15 is 0 Å². The van der Waals surface area contributed by atoms with Crippen molar-refractivity contribution in [2.45, 2.75) is 26.9 Å². The van der Waals surface area contributed by atoms with Crippen LogP contribution in [0.4, 0.5) is 11.8 Å². The molecule has 98 valence electrons. The smallest absolute Gasteiger partial charge is 0.226 e. The second-order valence-electron chi connectivity index (χ2n) is 4.23. The molecule has 2 aromatic heterocycles. The quantitative estimate of drug-likeness (QED) is 0.774. The first-order valence-electron chi connectivity index (χ1n) is 6.04. The third-order valence-corrected chi connectivity index (χ3v) is 3.36. The zero-order chi connectivity index (χ0) is 13.1. The zero-order valence-electron chi connectivity index (χ0n) is 10.8. The van der Waals surface area contributed by atoms with E-state index < -0.39 is 6.10 Å². The maximum absolute atomic E-state index is 9.34. The van der Waals surface area contributed by atoms with Crippen molar-refractivity contribution < 1.29 is 5.11 Å². The van der Waals surface area contributed by atoms with Gasteiger partial charge >= 0.3 is 0 Å². The van der Waals surface area contributed by atoms with Gasteiger partial charge in [-0.2, -0.15) is 4.98 Å². The monoisotopic (exact) mass is 266 g/mol. The fourth-order valence-corrected chi connectivity index (χ4v) is 2.54. The molecule has 0 fully saturated rings. The van der Waals surface area contributed by atoms with E-state index in [-0.39, 0.29) is 0 Å². The molecule has 2 rings (SSSR count). The average molecular weight is 266 g/mol. The molecule has 1 atom stereocenters. The summed E-state index contributed by atoms with van der Waals surface area (Å²) in [6.07, 6.45) is -0.405. The minimum atomic E-state index is -0.405. The SMILES string of the molecule is CCNc1nc(NCC(C)O)c2cc(C)sc2n1. The minimum absolute atomic E-state index is 0.405. The molecule has 0 aromatic carbocycles. The zero-order valence-corrected chi connectivity index (χ0v) is 11.6. The standard InChI is InChI=1S/C12H18N4OS/c1-4-13-12-15-10(14-6-7(2)17)9-5-8(3)18-11(9)16-12/h5,7,17H,4,6H2,1-3H3,(H2,13,14,15,16). The van der Waals surface area contributed by atoms with Crippen molar-refractivity contribution in [1.29, 1.82) is 0 Å². The number of aliphatic hydroxyl groups excluding tert-OH is 1. The molecule has 6 heteroatoms. The number of nitrogens with one attached hydrogen (secondary N) is 2. The molecule has 1 unspecified atom stereocenters. The van der Waals surface area contributed by atoms with Gasteiger partial charge in [-0.05, 0) is 26.8 Å². The van der Waals surface area contributed by atoms with Crippen LogP contribution >= 0.6 is 11.3 Å². The first-order valence-corrected chi connectivity index (χ1v) is 6.85. The Hall–Kier alpha value is -1.40. The fraction of sp³-hybridized carbons (Fsp3) is 0.500. The topological polar surface area (TPSA) is 70.1 Å². The summed E-state index contributed by atoms with van der Waals surface area (Å²) in [6, 6.07) is 2.07. The van der Waals surface area contributed by atoms with Gasteiger partial charge in [0.05, 0.1) is 11.5 Å². The van der Waals surface area contributed by atoms with Crippen LogP contribution in [0.5, 0.6) is 0 Å². The normalized spacial score (nSPS) is 12.7. The minimum Gasteiger partial charge on any atom is -0.392 e. The highest BCUT2D eigenvalue weighted by atomic mass is 32.1. The fourth-order valence-electron chi connectivity index (χ4n) is 1.66. The molecule has 0 saturated heterocycles. The van der Waals surface area contributed by atoms with E-state index in [1.54, 1.807) is 18.3 Å². The van der Waals surface area contributed by atoms with Crippen molar-refractivity contribution in [3.8, 4) is 0 Å². The Balaban J connectivity index is 2.39. The molecule has 0 aliphatic carbocycles. The second-order valence-corrected chi connectivity index (χ2v) is 5.47. The summed E-state index contributed by atoms with van der Waals surface area (Å²) >= 11 is 1.65. The van der Waals surface area contributed by atoms with Crippen molar-refractivity contribution >= 4 is 33.3 Å². The van der Waals surface area contributed by atoms with E-state index in [1.165, 1.54) is 4.88 Å². The van der Waals surface area contributed by atoms with E-state index in [2.05, 4.69) is 33.6 Å². The lowest BCUT2D eigenvalue weighted by molar-refractivity contribution is 0.208. The number of aryl methyl sites for hydroxylation is 1. The third-order valence-electron chi connectivity index (χ3n) is 2.42. The van der Waals surface area contributed by atoms with Crippen LogP contribution in [0, 0.1) is 6.92 Å². The van der Waals surface area contributed by atoms with Gasteiger partial charge in [-0.3, -0.25) is 0 Å². The van der Waals surface area contributed by atoms with E-state index in [1.807, 2.05) is 6.92 Å². The van der Waals surface area contributed by atoms with E-state index in [0.717, 1.165) is 22.6 Å². The summed E-state index contributed by atoms with van der Waals surface area (Å²) in [7, 11) is 0. The highest BCUT2D eigenvalue weighted by Crippen LogP contribution is 2.29. The van der Waals surface area contributed by atoms with Gasteiger partial charge in [0.1, 0.15) is 10.6 Å². The summed E-state index contributed by atoms with van der Waals surface area (Å²) in [6.45, 7) is 7.07. The Morgan fingerprint density at radius 3 is 2.83 bits per heavy atom. The lowest BCUT2D eigenvalue weighted by Gasteiger charge is -2.10. The second kappa shape index (κ2) is 5.49. The van der Waals surface area contributed by atoms with Crippen LogP contribution in [0.1, 0.15) is 18.7 Å². The van der Waals surface area contributed by atoms with Crippen molar-refractivity contribution in [2.75, 3.05) is 23.7 Å². The van der Waals surface area contributed by atoms with Crippen molar-refractivity contribution in [1.82, 2.24) is 9.97 Å². The molecule has 0 aliphatic heterocycles. The van der Waals surface area contributed by atoms with Crippen molar-refractivity contribution in [3.63, 3.8) is 0 Å². The predicted octanol–water partition coefficient (Wildman–Crippen LogP) is 2.22. The van der Waals surface area contributed by atoms with Crippen molar-refractivity contribution in [2.24, 2.45) is 0 Å². The van der Waals surface area contributed by atoms with Crippen LogP contribution in [0.3, 0.4) is 0 Å². The molecule has 18 heavy (non-hydrogen) atoms. The molecule has 2 aromatic rings.